The Hall–Kier alpha value is -4.15. The van der Waals surface area contributed by atoms with E-state index >= 15 is 0 Å². The van der Waals surface area contributed by atoms with Gasteiger partial charge in [0.2, 0.25) is 0 Å². The molecule has 8 nitrogen and oxygen atoms in total. The lowest BCUT2D eigenvalue weighted by molar-refractivity contribution is -0.137. The van der Waals surface area contributed by atoms with Crippen LogP contribution in [0.25, 0.3) is 11.1 Å². The number of rotatable bonds is 8. The Morgan fingerprint density at radius 1 is 0.896 bits per heavy atom. The van der Waals surface area contributed by atoms with E-state index < -0.39 is 17.6 Å². The first-order valence-electron chi connectivity index (χ1n) is 17.1. The van der Waals surface area contributed by atoms with Gasteiger partial charge in [-0.2, -0.15) is 13.2 Å². The van der Waals surface area contributed by atoms with E-state index in [1.54, 1.807) is 41.3 Å². The van der Waals surface area contributed by atoms with Crippen LogP contribution in [-0.4, -0.2) is 78.2 Å². The number of alkyl halides is 3. The van der Waals surface area contributed by atoms with E-state index in [-0.39, 0.29) is 16.9 Å². The molecule has 0 spiro atoms. The van der Waals surface area contributed by atoms with Crippen LogP contribution in [0, 0.1) is 23.2 Å². The third-order valence-corrected chi connectivity index (χ3v) is 10.8. The van der Waals surface area contributed by atoms with E-state index in [9.17, 15) is 22.8 Å². The van der Waals surface area contributed by atoms with Gasteiger partial charge in [-0.3, -0.25) is 9.59 Å². The predicted molar refractivity (Wildman–Crippen MR) is 176 cm³/mol. The van der Waals surface area contributed by atoms with Crippen LogP contribution in [-0.2, 0) is 6.18 Å². The Balaban J connectivity index is 0.989. The lowest BCUT2D eigenvalue weighted by Crippen LogP contribution is -2.51. The van der Waals surface area contributed by atoms with Crippen LogP contribution in [0.2, 0.25) is 0 Å². The number of benzene rings is 2. The second-order valence-corrected chi connectivity index (χ2v) is 14.4. The summed E-state index contributed by atoms with van der Waals surface area (Å²) in [5.74, 6) is 3.02. The smallest absolute Gasteiger partial charge is 0.416 e. The van der Waals surface area contributed by atoms with Gasteiger partial charge in [-0.1, -0.05) is 12.1 Å². The van der Waals surface area contributed by atoms with Crippen LogP contribution in [0.4, 0.5) is 19.0 Å². The molecule has 2 heterocycles. The lowest BCUT2D eigenvalue weighted by Gasteiger charge is -2.57. The molecule has 4 aliphatic carbocycles. The molecule has 2 aromatic carbocycles. The highest BCUT2D eigenvalue weighted by Crippen LogP contribution is 2.60. The highest BCUT2D eigenvalue weighted by molar-refractivity contribution is 5.96. The van der Waals surface area contributed by atoms with Crippen LogP contribution >= 0.6 is 0 Å². The number of amides is 2. The maximum atomic E-state index is 13.9. The van der Waals surface area contributed by atoms with Crippen molar-refractivity contribution in [2.75, 3.05) is 51.3 Å². The number of nitrogens with zero attached hydrogens (tertiary/aromatic N) is 5. The number of hydrogen-bond donors (Lipinski definition) is 0. The van der Waals surface area contributed by atoms with E-state index in [4.69, 9.17) is 4.74 Å². The molecule has 1 aliphatic heterocycles. The average Bonchev–Trinajstić information content (AvgIpc) is 3.06. The number of anilines is 1. The van der Waals surface area contributed by atoms with Gasteiger partial charge in [-0.05, 0) is 122 Å². The summed E-state index contributed by atoms with van der Waals surface area (Å²) in [6, 6.07) is 13.8. The molecule has 1 aromatic heterocycles. The van der Waals surface area contributed by atoms with Gasteiger partial charge in [-0.25, -0.2) is 0 Å². The summed E-state index contributed by atoms with van der Waals surface area (Å²) in [6.45, 7) is 4.50. The fraction of sp³-hybridized carbons (Fsp3) is 0.514. The average molecular weight is 662 g/mol. The first kappa shape index (κ1) is 32.4. The van der Waals surface area contributed by atoms with Crippen molar-refractivity contribution in [3.63, 3.8) is 0 Å². The van der Waals surface area contributed by atoms with Crippen LogP contribution in [0.3, 0.4) is 0 Å². The summed E-state index contributed by atoms with van der Waals surface area (Å²) >= 11 is 0. The molecule has 254 valence electrons. The number of ether oxygens (including phenoxy) is 1. The summed E-state index contributed by atoms with van der Waals surface area (Å²) in [4.78, 5) is 32.2. The summed E-state index contributed by atoms with van der Waals surface area (Å²) in [5, 5.41) is 8.64. The molecule has 11 heteroatoms. The topological polar surface area (TPSA) is 78.9 Å². The molecular weight excluding hydrogens is 619 g/mol. The number of hydrogen-bond acceptors (Lipinski definition) is 6. The first-order valence-corrected chi connectivity index (χ1v) is 17.1. The Bertz CT molecular complexity index is 1630. The maximum absolute atomic E-state index is 13.9. The minimum atomic E-state index is -4.61. The number of aromatic nitrogens is 2. The van der Waals surface area contributed by atoms with Crippen molar-refractivity contribution in [2.24, 2.45) is 23.2 Å². The van der Waals surface area contributed by atoms with Crippen molar-refractivity contribution in [1.82, 2.24) is 20.0 Å². The van der Waals surface area contributed by atoms with Crippen molar-refractivity contribution in [3.05, 3.63) is 71.4 Å². The zero-order valence-corrected chi connectivity index (χ0v) is 27.5. The highest BCUT2D eigenvalue weighted by Gasteiger charge is 2.51. The van der Waals surface area contributed by atoms with Gasteiger partial charge in [0.25, 0.3) is 11.8 Å². The van der Waals surface area contributed by atoms with Gasteiger partial charge < -0.3 is 19.4 Å². The third kappa shape index (κ3) is 6.60. The van der Waals surface area contributed by atoms with Gasteiger partial charge in [0.15, 0.2) is 11.5 Å². The van der Waals surface area contributed by atoms with E-state index in [1.165, 1.54) is 44.6 Å². The van der Waals surface area contributed by atoms with E-state index in [2.05, 4.69) is 10.2 Å². The Labute approximate surface area is 279 Å². The molecule has 0 radical (unpaired) electrons. The van der Waals surface area contributed by atoms with Crippen LogP contribution in [0.1, 0.15) is 71.9 Å². The summed E-state index contributed by atoms with van der Waals surface area (Å²) in [6.07, 6.45) is 3.17. The zero-order chi connectivity index (χ0) is 33.6. The second kappa shape index (κ2) is 12.7. The van der Waals surface area contributed by atoms with E-state index in [1.807, 2.05) is 23.8 Å². The molecule has 0 N–H and O–H groups in total. The van der Waals surface area contributed by atoms with Crippen LogP contribution < -0.4 is 9.64 Å². The van der Waals surface area contributed by atoms with Gasteiger partial charge in [0.1, 0.15) is 5.75 Å². The monoisotopic (exact) mass is 661 g/mol. The Morgan fingerprint density at radius 2 is 1.58 bits per heavy atom. The molecule has 0 atom stereocenters. The predicted octanol–water partition coefficient (Wildman–Crippen LogP) is 6.81. The van der Waals surface area contributed by atoms with Crippen molar-refractivity contribution in [3.8, 4) is 16.9 Å². The molecule has 48 heavy (non-hydrogen) atoms. The van der Waals surface area contributed by atoms with E-state index in [0.29, 0.717) is 61.2 Å². The first-order chi connectivity index (χ1) is 23.0. The molecule has 5 fully saturated rings. The number of carbonyl (C=O) groups is 2. The Kier molecular flexibility index (Phi) is 8.58. The summed E-state index contributed by atoms with van der Waals surface area (Å²) in [7, 11) is 1.87. The van der Waals surface area contributed by atoms with E-state index in [0.717, 1.165) is 36.4 Å². The minimum absolute atomic E-state index is 0.0181. The molecule has 4 bridgehead atoms. The van der Waals surface area contributed by atoms with Crippen LogP contribution in [0.15, 0.2) is 54.6 Å². The number of piperazine rings is 1. The third-order valence-electron chi connectivity index (χ3n) is 10.8. The second-order valence-electron chi connectivity index (χ2n) is 14.4. The molecule has 3 aromatic rings. The standard InChI is InChI=1S/C37H42F3N5O3/c1-3-48-31-6-4-5-27(19-31)28-16-29(18-30(17-28)37(38,39)40)34(46)45-11-9-44(10-12-45)33-8-7-32(41-42-33)35(47)43(2)23-36-20-24-13-25(21-36)15-26(14-24)22-36/h4-8,16-19,24-26H,3,9-15,20-23H2,1-2H3. The van der Waals surface area contributed by atoms with Crippen molar-refractivity contribution < 1.29 is 27.5 Å². The maximum Gasteiger partial charge on any atom is 0.416 e. The van der Waals surface area contributed by atoms with Crippen molar-refractivity contribution >= 4 is 17.6 Å². The molecular formula is C37H42F3N5O3. The SMILES string of the molecule is CCOc1cccc(-c2cc(C(=O)N3CCN(c4ccc(C(=O)N(C)CC56CC7CC(CC(C7)C5)C6)nn4)CC3)cc(C(F)(F)F)c2)c1. The minimum Gasteiger partial charge on any atom is -0.494 e. The van der Waals surface area contributed by atoms with Crippen LogP contribution in [0.5, 0.6) is 5.75 Å². The largest absolute Gasteiger partial charge is 0.494 e. The van der Waals surface area contributed by atoms with Gasteiger partial charge in [-0.15, -0.1) is 10.2 Å². The molecule has 4 saturated carbocycles. The van der Waals surface area contributed by atoms with Crippen molar-refractivity contribution in [2.45, 2.75) is 51.6 Å². The van der Waals surface area contributed by atoms with Gasteiger partial charge in [0, 0.05) is 45.3 Å². The quantitative estimate of drug-likeness (QED) is 0.264. The summed E-state index contributed by atoms with van der Waals surface area (Å²) < 4.78 is 47.3. The van der Waals surface area contributed by atoms with Crippen molar-refractivity contribution in [1.29, 1.82) is 0 Å². The lowest BCUT2D eigenvalue weighted by atomic mass is 9.49. The zero-order valence-electron chi connectivity index (χ0n) is 27.5. The Morgan fingerprint density at radius 3 is 2.19 bits per heavy atom. The fourth-order valence-corrected chi connectivity index (χ4v) is 9.20. The van der Waals surface area contributed by atoms with Gasteiger partial charge >= 0.3 is 6.18 Å². The van der Waals surface area contributed by atoms with Gasteiger partial charge in [0.05, 0.1) is 12.2 Å². The fourth-order valence-electron chi connectivity index (χ4n) is 9.20. The molecule has 5 aliphatic rings. The summed E-state index contributed by atoms with van der Waals surface area (Å²) in [5.41, 5.74) is 0.486. The molecule has 2 amide bonds. The molecule has 0 unspecified atom stereocenters. The highest BCUT2D eigenvalue weighted by atomic mass is 19.4. The molecule has 1 saturated heterocycles. The number of carbonyl (C=O) groups excluding carboxylic acids is 2. The molecule has 8 rings (SSSR count). The normalized spacial score (nSPS) is 24.9. The number of halogens is 3.